The van der Waals surface area contributed by atoms with E-state index in [2.05, 4.69) is 20.5 Å². The van der Waals surface area contributed by atoms with Gasteiger partial charge in [-0.05, 0) is 41.8 Å². The summed E-state index contributed by atoms with van der Waals surface area (Å²) in [6.07, 6.45) is 0. The zero-order valence-electron chi connectivity index (χ0n) is 26.3. The summed E-state index contributed by atoms with van der Waals surface area (Å²) in [6.45, 7) is 0. The van der Waals surface area contributed by atoms with E-state index >= 15 is 0 Å². The second-order valence-electron chi connectivity index (χ2n) is 9.00. The molecular formula is C22H10Cl2N4Na4O16S4. The number of aromatic hydroxyl groups is 4. The molecule has 0 amide bonds. The summed E-state index contributed by atoms with van der Waals surface area (Å²) in [7, 11) is -22.2. The first kappa shape index (κ1) is 51.8. The van der Waals surface area contributed by atoms with Gasteiger partial charge in [0.05, 0.1) is 25.0 Å². The zero-order valence-corrected chi connectivity index (χ0v) is 39.1. The van der Waals surface area contributed by atoms with Gasteiger partial charge in [0.1, 0.15) is 63.2 Å². The van der Waals surface area contributed by atoms with E-state index in [1.807, 2.05) is 0 Å². The van der Waals surface area contributed by atoms with Crippen LogP contribution in [0.5, 0.6) is 23.0 Å². The van der Waals surface area contributed by atoms with Crippen LogP contribution in [-0.4, -0.2) is 72.3 Å². The van der Waals surface area contributed by atoms with Gasteiger partial charge in [0.2, 0.25) is 0 Å². The summed E-state index contributed by atoms with van der Waals surface area (Å²) in [5.41, 5.74) is -4.51. The van der Waals surface area contributed by atoms with Crippen LogP contribution < -0.4 is 118 Å². The van der Waals surface area contributed by atoms with Crippen molar-refractivity contribution in [1.82, 2.24) is 0 Å². The van der Waals surface area contributed by atoms with Gasteiger partial charge in [-0.1, -0.05) is 23.2 Å². The SMILES string of the molecule is O=S(=O)([O-])c1cc(Cl)cc(N=Nc2c(S(=O)(=O)[O-])cc3cc(S(=O)(=O)[O-])c(N=Nc4cc(Cl)cc(S(=O)(=O)[O-])c4O)c(O)c3c2O)c1O.[Na+].[Na+].[Na+].[Na+]. The minimum Gasteiger partial charge on any atom is -0.744 e. The van der Waals surface area contributed by atoms with Crippen LogP contribution in [0, 0.1) is 0 Å². The number of hydrogen-bond donors (Lipinski definition) is 4. The van der Waals surface area contributed by atoms with Crippen LogP contribution in [0.25, 0.3) is 10.8 Å². The maximum absolute atomic E-state index is 12.1. The Balaban J connectivity index is 0.00000650. The van der Waals surface area contributed by atoms with E-state index in [0.29, 0.717) is 36.4 Å². The van der Waals surface area contributed by atoms with Crippen molar-refractivity contribution < 1.29 is 191 Å². The van der Waals surface area contributed by atoms with Gasteiger partial charge in [0.25, 0.3) is 0 Å². The van der Waals surface area contributed by atoms with Gasteiger partial charge < -0.3 is 38.6 Å². The molecule has 0 unspecified atom stereocenters. The van der Waals surface area contributed by atoms with Gasteiger partial charge >= 0.3 is 118 Å². The van der Waals surface area contributed by atoms with E-state index in [1.165, 1.54) is 0 Å². The summed E-state index contributed by atoms with van der Waals surface area (Å²) in [5, 5.41) is 52.7. The van der Waals surface area contributed by atoms with Crippen LogP contribution >= 0.6 is 23.2 Å². The number of hydrogen-bond acceptors (Lipinski definition) is 20. The Morgan fingerprint density at radius 1 is 0.442 bits per heavy atom. The Bertz CT molecular complexity index is 2420. The summed E-state index contributed by atoms with van der Waals surface area (Å²) in [5.74, 6) is -5.67. The van der Waals surface area contributed by atoms with Gasteiger partial charge in [-0.25, -0.2) is 33.7 Å². The third kappa shape index (κ3) is 11.4. The molecule has 0 radical (unpaired) electrons. The van der Waals surface area contributed by atoms with Crippen LogP contribution in [0.15, 0.2) is 76.4 Å². The maximum Gasteiger partial charge on any atom is 1.00 e. The monoisotopic (exact) mass is 876 g/mol. The van der Waals surface area contributed by atoms with Crippen molar-refractivity contribution in [2.45, 2.75) is 19.6 Å². The van der Waals surface area contributed by atoms with E-state index in [9.17, 15) is 72.3 Å². The third-order valence-electron chi connectivity index (χ3n) is 5.88. The topological polar surface area (TPSA) is 359 Å². The molecule has 30 heteroatoms. The Kier molecular flexibility index (Phi) is 18.7. The average Bonchev–Trinajstić information content (AvgIpc) is 2.92. The van der Waals surface area contributed by atoms with Crippen molar-refractivity contribution in [3.63, 3.8) is 0 Å². The first-order valence-corrected chi connectivity index (χ1v) is 18.0. The predicted octanol–water partition coefficient (Wildman–Crippen LogP) is -8.57. The fourth-order valence-electron chi connectivity index (χ4n) is 3.90. The fourth-order valence-corrected chi connectivity index (χ4v) is 6.97. The number of phenols is 4. The van der Waals surface area contributed by atoms with Crippen molar-refractivity contribution in [2.24, 2.45) is 20.5 Å². The number of rotatable bonds is 8. The molecule has 0 atom stereocenters. The molecule has 0 aliphatic carbocycles. The van der Waals surface area contributed by atoms with Crippen molar-refractivity contribution >= 4 is 97.2 Å². The molecule has 256 valence electrons. The second-order valence-corrected chi connectivity index (χ2v) is 15.3. The molecule has 0 saturated carbocycles. The van der Waals surface area contributed by atoms with E-state index in [1.54, 1.807) is 0 Å². The molecule has 4 aromatic carbocycles. The van der Waals surface area contributed by atoms with Crippen LogP contribution in [0.3, 0.4) is 0 Å². The predicted molar refractivity (Wildman–Crippen MR) is 154 cm³/mol. The molecule has 0 spiro atoms. The Morgan fingerprint density at radius 2 is 0.731 bits per heavy atom. The fraction of sp³-hybridized carbons (Fsp3) is 0. The molecule has 4 rings (SSSR count). The Labute approximate surface area is 391 Å². The summed E-state index contributed by atoms with van der Waals surface area (Å²) in [6, 6.07) is 3.13. The third-order valence-corrected chi connectivity index (χ3v) is 9.72. The quantitative estimate of drug-likeness (QED) is 0.0725. The molecule has 0 bridgehead atoms. The smallest absolute Gasteiger partial charge is 0.744 e. The standard InChI is InChI=1S/C22H14Cl2N4O16S4.4Na/c23-8-3-10(19(29)14(5-8)47(39,40)41)25-27-17-12(45(33,34)35)1-7-2-13(46(36,37)38)18(22(32)16(7)21(17)31)28-26-11-4-9(24)6-15(20(11)30)48(42,43)44;;;;/h1-6,29-32H,(H,33,34,35)(H,36,37,38)(H,39,40,41)(H,42,43,44);;;;/q;4*+1/p-4. The van der Waals surface area contributed by atoms with Crippen molar-refractivity contribution in [3.05, 3.63) is 46.4 Å². The minimum absolute atomic E-state index is 0. The minimum atomic E-state index is -5.71. The van der Waals surface area contributed by atoms with Crippen LogP contribution in [-0.2, 0) is 40.5 Å². The Hall–Kier alpha value is -0.240. The summed E-state index contributed by atoms with van der Waals surface area (Å²) < 4.78 is 141. The maximum atomic E-state index is 12.1. The summed E-state index contributed by atoms with van der Waals surface area (Å²) in [4.78, 5) is -5.55. The molecular weight excluding hydrogens is 867 g/mol. The van der Waals surface area contributed by atoms with E-state index in [4.69, 9.17) is 23.2 Å². The molecule has 0 heterocycles. The van der Waals surface area contributed by atoms with Gasteiger partial charge in [0, 0.05) is 10.0 Å². The van der Waals surface area contributed by atoms with E-state index < -0.39 is 127 Å². The number of halogens is 2. The molecule has 0 aliphatic heterocycles. The number of phenolic OH excluding ortho intramolecular Hbond substituents is 4. The summed E-state index contributed by atoms with van der Waals surface area (Å²) >= 11 is 11.5. The van der Waals surface area contributed by atoms with Crippen molar-refractivity contribution in [1.29, 1.82) is 0 Å². The van der Waals surface area contributed by atoms with E-state index in [0.717, 1.165) is 0 Å². The average molecular weight is 877 g/mol. The Morgan fingerprint density at radius 3 is 1.00 bits per heavy atom. The van der Waals surface area contributed by atoms with Crippen molar-refractivity contribution in [2.75, 3.05) is 0 Å². The molecule has 0 saturated heterocycles. The molecule has 52 heavy (non-hydrogen) atoms. The second kappa shape index (κ2) is 18.8. The number of nitrogens with zero attached hydrogens (tertiary/aromatic N) is 4. The largest absolute Gasteiger partial charge is 1.00 e. The molecule has 20 nitrogen and oxygen atoms in total. The molecule has 4 N–H and O–H groups in total. The number of benzene rings is 4. The number of azo groups is 2. The van der Waals surface area contributed by atoms with Crippen LogP contribution in [0.2, 0.25) is 10.0 Å². The van der Waals surface area contributed by atoms with Gasteiger partial charge in [-0.3, -0.25) is 0 Å². The molecule has 4 aromatic rings. The van der Waals surface area contributed by atoms with Gasteiger partial charge in [-0.15, -0.1) is 20.5 Å². The van der Waals surface area contributed by atoms with Crippen LogP contribution in [0.1, 0.15) is 0 Å². The first-order valence-electron chi connectivity index (χ1n) is 11.6. The molecule has 0 aliphatic rings. The van der Waals surface area contributed by atoms with Gasteiger partial charge in [0.15, 0.2) is 23.0 Å². The number of fused-ring (bicyclic) bond motifs is 1. The van der Waals surface area contributed by atoms with E-state index in [-0.39, 0.29) is 118 Å². The zero-order chi connectivity index (χ0) is 36.3. The van der Waals surface area contributed by atoms with Crippen molar-refractivity contribution in [3.8, 4) is 23.0 Å². The van der Waals surface area contributed by atoms with Gasteiger partial charge in [-0.2, -0.15) is 0 Å². The van der Waals surface area contributed by atoms with Crippen LogP contribution in [0.4, 0.5) is 22.7 Å². The normalized spacial score (nSPS) is 12.2. The first-order chi connectivity index (χ1) is 21.8. The molecule has 0 aromatic heterocycles. The molecule has 0 fully saturated rings.